The second-order valence-corrected chi connectivity index (χ2v) is 7.27. The highest BCUT2D eigenvalue weighted by Crippen LogP contribution is 2.27. The summed E-state index contributed by atoms with van der Waals surface area (Å²) in [4.78, 5) is 20.9. The van der Waals surface area contributed by atoms with Gasteiger partial charge in [-0.1, -0.05) is 11.6 Å². The van der Waals surface area contributed by atoms with Gasteiger partial charge in [0.2, 0.25) is 0 Å². The smallest absolute Gasteiger partial charge is 0.409 e. The van der Waals surface area contributed by atoms with Crippen molar-refractivity contribution in [2.75, 3.05) is 45.9 Å². The molecule has 1 atom stereocenters. The lowest BCUT2D eigenvalue weighted by molar-refractivity contribution is 0.0914. The van der Waals surface area contributed by atoms with E-state index < -0.39 is 6.10 Å². The quantitative estimate of drug-likeness (QED) is 0.597. The van der Waals surface area contributed by atoms with Crippen LogP contribution in [0.3, 0.4) is 0 Å². The third-order valence-electron chi connectivity index (χ3n) is 3.78. The summed E-state index contributed by atoms with van der Waals surface area (Å²) in [6.07, 6.45) is -0.943. The van der Waals surface area contributed by atoms with Gasteiger partial charge in [0, 0.05) is 37.6 Å². The van der Waals surface area contributed by atoms with Gasteiger partial charge in [0.15, 0.2) is 5.96 Å². The van der Waals surface area contributed by atoms with Crippen LogP contribution in [0.2, 0.25) is 4.34 Å². The maximum Gasteiger partial charge on any atom is 0.409 e. The highest BCUT2D eigenvalue weighted by atomic mass is 35.5. The first-order valence-electron chi connectivity index (χ1n) is 8.43. The van der Waals surface area contributed by atoms with Crippen molar-refractivity contribution in [2.24, 2.45) is 4.99 Å². The molecule has 2 heterocycles. The molecule has 1 unspecified atom stereocenters. The third-order valence-corrected chi connectivity index (χ3v) is 5.11. The fourth-order valence-corrected chi connectivity index (χ4v) is 3.55. The fraction of sp³-hybridized carbons (Fsp3) is 0.625. The van der Waals surface area contributed by atoms with E-state index in [9.17, 15) is 9.90 Å². The fourth-order valence-electron chi connectivity index (χ4n) is 2.51. The first-order chi connectivity index (χ1) is 12.0. The van der Waals surface area contributed by atoms with Gasteiger partial charge in [-0.15, -0.1) is 11.3 Å². The van der Waals surface area contributed by atoms with E-state index in [1.54, 1.807) is 17.9 Å². The van der Waals surface area contributed by atoms with Crippen LogP contribution in [0.25, 0.3) is 0 Å². The van der Waals surface area contributed by atoms with Crippen LogP contribution in [0.5, 0.6) is 0 Å². The van der Waals surface area contributed by atoms with Crippen LogP contribution < -0.4 is 5.32 Å². The summed E-state index contributed by atoms with van der Waals surface area (Å²) in [5.41, 5.74) is 0. The molecular weight excluding hydrogens is 364 g/mol. The molecule has 140 valence electrons. The molecule has 1 saturated heterocycles. The van der Waals surface area contributed by atoms with E-state index in [4.69, 9.17) is 16.3 Å². The molecule has 9 heteroatoms. The Hall–Kier alpha value is -1.51. The highest BCUT2D eigenvalue weighted by molar-refractivity contribution is 7.16. The molecule has 0 aromatic carbocycles. The van der Waals surface area contributed by atoms with Crippen LogP contribution in [-0.2, 0) is 4.74 Å². The standard InChI is InChI=1S/C16H25ClN4O3S/c1-3-18-15(19-11-12(22)13-5-6-14(17)25-13)20-7-9-21(10-8-20)16(23)24-4-2/h5-6,12,22H,3-4,7-11H2,1-2H3,(H,18,19). The predicted octanol–water partition coefficient (Wildman–Crippen LogP) is 2.17. The number of carbonyl (C=O) groups excluding carboxylic acids is 1. The highest BCUT2D eigenvalue weighted by Gasteiger charge is 2.24. The average Bonchev–Trinajstić information content (AvgIpc) is 3.05. The molecule has 7 nitrogen and oxygen atoms in total. The Labute approximate surface area is 157 Å². The number of piperazine rings is 1. The number of rotatable bonds is 5. The first-order valence-corrected chi connectivity index (χ1v) is 9.62. The Balaban J connectivity index is 1.92. The van der Waals surface area contributed by atoms with Gasteiger partial charge >= 0.3 is 6.09 Å². The normalized spacial score (nSPS) is 16.7. The van der Waals surface area contributed by atoms with Gasteiger partial charge < -0.3 is 25.0 Å². The van der Waals surface area contributed by atoms with Crippen LogP contribution in [0.4, 0.5) is 4.79 Å². The molecule has 25 heavy (non-hydrogen) atoms. The zero-order valence-corrected chi connectivity index (χ0v) is 16.1. The molecule has 1 aromatic heterocycles. The summed E-state index contributed by atoms with van der Waals surface area (Å²) < 4.78 is 5.69. The summed E-state index contributed by atoms with van der Waals surface area (Å²) in [5.74, 6) is 0.743. The zero-order valence-electron chi connectivity index (χ0n) is 14.6. The minimum Gasteiger partial charge on any atom is -0.450 e. The number of aliphatic hydroxyl groups is 1. The molecule has 2 N–H and O–H groups in total. The maximum absolute atomic E-state index is 11.8. The van der Waals surface area contributed by atoms with Crippen LogP contribution in [0.15, 0.2) is 17.1 Å². The molecule has 1 fully saturated rings. The maximum atomic E-state index is 11.8. The molecular formula is C16H25ClN4O3S. The minimum atomic E-state index is -0.674. The number of thiophene rings is 1. The number of aliphatic imine (C=N–C) groups is 1. The van der Waals surface area contributed by atoms with Crippen molar-refractivity contribution in [1.82, 2.24) is 15.1 Å². The van der Waals surface area contributed by atoms with Crippen molar-refractivity contribution in [1.29, 1.82) is 0 Å². The van der Waals surface area contributed by atoms with E-state index in [-0.39, 0.29) is 12.6 Å². The average molecular weight is 389 g/mol. The molecule has 0 radical (unpaired) electrons. The minimum absolute atomic E-state index is 0.261. The second-order valence-electron chi connectivity index (χ2n) is 5.53. The SMILES string of the molecule is CCNC(=NCC(O)c1ccc(Cl)s1)N1CCN(C(=O)OCC)CC1. The number of guanidine groups is 1. The van der Waals surface area contributed by atoms with Gasteiger partial charge in [-0.05, 0) is 26.0 Å². The van der Waals surface area contributed by atoms with Crippen molar-refractivity contribution in [3.05, 3.63) is 21.3 Å². The van der Waals surface area contributed by atoms with Gasteiger partial charge in [-0.3, -0.25) is 4.99 Å². The number of ether oxygens (including phenoxy) is 1. The molecule has 1 aliphatic rings. The van der Waals surface area contributed by atoms with Crippen molar-refractivity contribution in [3.8, 4) is 0 Å². The van der Waals surface area contributed by atoms with Crippen molar-refractivity contribution >= 4 is 35.0 Å². The molecule has 1 amide bonds. The van der Waals surface area contributed by atoms with Gasteiger partial charge in [0.1, 0.15) is 6.10 Å². The Morgan fingerprint density at radius 3 is 2.60 bits per heavy atom. The molecule has 0 aliphatic carbocycles. The lowest BCUT2D eigenvalue weighted by Gasteiger charge is -2.36. The van der Waals surface area contributed by atoms with Crippen molar-refractivity contribution < 1.29 is 14.6 Å². The van der Waals surface area contributed by atoms with Gasteiger partial charge in [-0.2, -0.15) is 0 Å². The molecule has 0 saturated carbocycles. The summed E-state index contributed by atoms with van der Waals surface area (Å²) >= 11 is 7.27. The number of nitrogens with zero attached hydrogens (tertiary/aromatic N) is 3. The van der Waals surface area contributed by atoms with Crippen molar-refractivity contribution in [3.63, 3.8) is 0 Å². The predicted molar refractivity (Wildman–Crippen MR) is 100 cm³/mol. The Morgan fingerprint density at radius 2 is 2.04 bits per heavy atom. The Morgan fingerprint density at radius 1 is 1.36 bits per heavy atom. The monoisotopic (exact) mass is 388 g/mol. The summed E-state index contributed by atoms with van der Waals surface area (Å²) in [6.45, 7) is 7.70. The molecule has 0 spiro atoms. The molecule has 1 aromatic rings. The van der Waals surface area contributed by atoms with Crippen molar-refractivity contribution in [2.45, 2.75) is 20.0 Å². The third kappa shape index (κ3) is 5.76. The number of halogens is 1. The molecule has 2 rings (SSSR count). The number of hydrogen-bond acceptors (Lipinski definition) is 5. The Bertz CT molecular complexity index is 588. The van der Waals surface area contributed by atoms with Gasteiger partial charge in [0.05, 0.1) is 17.5 Å². The second kappa shape index (κ2) is 9.84. The van der Waals surface area contributed by atoms with Crippen LogP contribution in [0, 0.1) is 0 Å². The largest absolute Gasteiger partial charge is 0.450 e. The van der Waals surface area contributed by atoms with E-state index in [1.807, 2.05) is 13.0 Å². The van der Waals surface area contributed by atoms with E-state index >= 15 is 0 Å². The van der Waals surface area contributed by atoms with Gasteiger partial charge in [0.25, 0.3) is 0 Å². The lowest BCUT2D eigenvalue weighted by atomic mass is 10.3. The van der Waals surface area contributed by atoms with Crippen LogP contribution >= 0.6 is 22.9 Å². The number of carbonyl (C=O) groups is 1. The Kier molecular flexibility index (Phi) is 7.80. The summed E-state index contributed by atoms with van der Waals surface area (Å²) in [6, 6.07) is 3.59. The molecule has 0 bridgehead atoms. The lowest BCUT2D eigenvalue weighted by Crippen LogP contribution is -2.54. The summed E-state index contributed by atoms with van der Waals surface area (Å²) in [7, 11) is 0. The number of aliphatic hydroxyl groups excluding tert-OH is 1. The first kappa shape index (κ1) is 19.8. The molecule has 1 aliphatic heterocycles. The summed E-state index contributed by atoms with van der Waals surface area (Å²) in [5, 5.41) is 13.5. The number of hydrogen-bond donors (Lipinski definition) is 2. The van der Waals surface area contributed by atoms with Gasteiger partial charge in [-0.25, -0.2) is 4.79 Å². The van der Waals surface area contributed by atoms with E-state index in [2.05, 4.69) is 15.2 Å². The number of nitrogens with one attached hydrogen (secondary N) is 1. The topological polar surface area (TPSA) is 77.4 Å². The van der Waals surface area contributed by atoms with Crippen LogP contribution in [0.1, 0.15) is 24.8 Å². The number of amides is 1. The van der Waals surface area contributed by atoms with E-state index in [0.29, 0.717) is 37.1 Å². The van der Waals surface area contributed by atoms with E-state index in [1.165, 1.54) is 11.3 Å². The zero-order chi connectivity index (χ0) is 18.2. The van der Waals surface area contributed by atoms with E-state index in [0.717, 1.165) is 17.4 Å². The van der Waals surface area contributed by atoms with Crippen LogP contribution in [-0.4, -0.2) is 72.8 Å².